The normalized spacial score (nSPS) is 16.3. The first-order chi connectivity index (χ1) is 9.22. The molecule has 1 aromatic carbocycles. The van der Waals surface area contributed by atoms with E-state index in [0.29, 0.717) is 5.75 Å². The Morgan fingerprint density at radius 3 is 2.53 bits per heavy atom. The minimum atomic E-state index is -0.843. The van der Waals surface area contributed by atoms with Crippen LogP contribution in [0.2, 0.25) is 0 Å². The number of aromatic nitrogens is 1. The van der Waals surface area contributed by atoms with E-state index in [2.05, 4.69) is 29.2 Å². The first-order valence-corrected chi connectivity index (χ1v) is 7.96. The van der Waals surface area contributed by atoms with Crippen molar-refractivity contribution in [1.29, 1.82) is 0 Å². The molecule has 1 heterocycles. The molecule has 0 spiro atoms. The number of rotatable bonds is 3. The standard InChI is InChI=1S/C16H17NOS/c1-12-6-7-17-15(8-12)11-19(18)16-9-13-4-2-3-5-14(13)10-16/h2-8,16H,9-11H2,1H3. The molecule has 0 saturated carbocycles. The third-order valence-electron chi connectivity index (χ3n) is 3.65. The molecule has 1 aliphatic rings. The van der Waals surface area contributed by atoms with E-state index >= 15 is 0 Å². The zero-order valence-corrected chi connectivity index (χ0v) is 11.8. The highest BCUT2D eigenvalue weighted by molar-refractivity contribution is 7.84. The van der Waals surface area contributed by atoms with E-state index < -0.39 is 10.8 Å². The summed E-state index contributed by atoms with van der Waals surface area (Å²) in [6.07, 6.45) is 3.68. The fraction of sp³-hybridized carbons (Fsp3) is 0.312. The molecule has 0 N–H and O–H groups in total. The Morgan fingerprint density at radius 2 is 1.89 bits per heavy atom. The van der Waals surface area contributed by atoms with Crippen LogP contribution in [0.15, 0.2) is 42.6 Å². The minimum absolute atomic E-state index is 0.250. The number of benzene rings is 1. The van der Waals surface area contributed by atoms with Gasteiger partial charge in [0.05, 0.1) is 11.4 Å². The Kier molecular flexibility index (Phi) is 3.47. The molecule has 0 aliphatic heterocycles. The van der Waals surface area contributed by atoms with Gasteiger partial charge in [0.15, 0.2) is 0 Å². The first kappa shape index (κ1) is 12.5. The van der Waals surface area contributed by atoms with Gasteiger partial charge in [-0.05, 0) is 48.6 Å². The van der Waals surface area contributed by atoms with Gasteiger partial charge < -0.3 is 0 Å². The highest BCUT2D eigenvalue weighted by Gasteiger charge is 2.26. The van der Waals surface area contributed by atoms with Gasteiger partial charge >= 0.3 is 0 Å². The maximum absolute atomic E-state index is 12.5. The third-order valence-corrected chi connectivity index (χ3v) is 5.30. The summed E-state index contributed by atoms with van der Waals surface area (Å²) in [4.78, 5) is 4.31. The molecule has 0 radical (unpaired) electrons. The van der Waals surface area contributed by atoms with E-state index in [1.54, 1.807) is 6.20 Å². The highest BCUT2D eigenvalue weighted by atomic mass is 32.2. The van der Waals surface area contributed by atoms with Crippen molar-refractivity contribution in [3.63, 3.8) is 0 Å². The quantitative estimate of drug-likeness (QED) is 0.859. The Labute approximate surface area is 116 Å². The second-order valence-corrected chi connectivity index (χ2v) is 6.87. The van der Waals surface area contributed by atoms with Gasteiger partial charge in [-0.2, -0.15) is 0 Å². The molecule has 1 unspecified atom stereocenters. The lowest BCUT2D eigenvalue weighted by Gasteiger charge is -2.09. The Balaban J connectivity index is 1.70. The SMILES string of the molecule is Cc1ccnc(CS(=O)C2Cc3ccccc3C2)c1. The lowest BCUT2D eigenvalue weighted by atomic mass is 10.1. The summed E-state index contributed by atoms with van der Waals surface area (Å²) in [6, 6.07) is 12.4. The number of pyridine rings is 1. The van der Waals surface area contributed by atoms with Crippen molar-refractivity contribution in [3.8, 4) is 0 Å². The van der Waals surface area contributed by atoms with Gasteiger partial charge in [0.25, 0.3) is 0 Å². The topological polar surface area (TPSA) is 30.0 Å². The average Bonchev–Trinajstić information content (AvgIpc) is 2.82. The molecule has 1 aliphatic carbocycles. The van der Waals surface area contributed by atoms with Crippen LogP contribution in [0, 0.1) is 6.92 Å². The van der Waals surface area contributed by atoms with Crippen molar-refractivity contribution in [2.45, 2.75) is 30.8 Å². The van der Waals surface area contributed by atoms with Crippen LogP contribution in [-0.4, -0.2) is 14.4 Å². The summed E-state index contributed by atoms with van der Waals surface area (Å²) >= 11 is 0. The molecule has 0 amide bonds. The van der Waals surface area contributed by atoms with Gasteiger partial charge in [-0.25, -0.2) is 0 Å². The summed E-state index contributed by atoms with van der Waals surface area (Å²) in [5.41, 5.74) is 4.84. The van der Waals surface area contributed by atoms with Crippen LogP contribution in [0.1, 0.15) is 22.4 Å². The highest BCUT2D eigenvalue weighted by Crippen LogP contribution is 2.26. The van der Waals surface area contributed by atoms with Crippen LogP contribution in [-0.2, 0) is 29.4 Å². The van der Waals surface area contributed by atoms with Gasteiger partial charge in [-0.1, -0.05) is 24.3 Å². The first-order valence-electron chi connectivity index (χ1n) is 6.58. The fourth-order valence-electron chi connectivity index (χ4n) is 2.65. The maximum atomic E-state index is 12.5. The largest absolute Gasteiger partial charge is 0.260 e. The lowest BCUT2D eigenvalue weighted by molar-refractivity contribution is 0.669. The Morgan fingerprint density at radius 1 is 1.21 bits per heavy atom. The van der Waals surface area contributed by atoms with E-state index in [-0.39, 0.29) is 5.25 Å². The molecule has 3 heteroatoms. The smallest absolute Gasteiger partial charge is 0.0662 e. The zero-order valence-electron chi connectivity index (χ0n) is 11.0. The van der Waals surface area contributed by atoms with Gasteiger partial charge in [0.2, 0.25) is 0 Å². The molecule has 0 saturated heterocycles. The van der Waals surface area contributed by atoms with Crippen molar-refractivity contribution in [2.75, 3.05) is 0 Å². The summed E-state index contributed by atoms with van der Waals surface area (Å²) < 4.78 is 12.5. The Hall–Kier alpha value is -1.48. The molecular formula is C16H17NOS. The summed E-state index contributed by atoms with van der Waals surface area (Å²) in [7, 11) is -0.843. The van der Waals surface area contributed by atoms with Crippen molar-refractivity contribution in [2.24, 2.45) is 0 Å². The fourth-order valence-corrected chi connectivity index (χ4v) is 4.06. The molecule has 1 aromatic heterocycles. The van der Waals surface area contributed by atoms with Gasteiger partial charge in [-0.3, -0.25) is 9.19 Å². The summed E-state index contributed by atoms with van der Waals surface area (Å²) in [5, 5.41) is 0.250. The third kappa shape index (κ3) is 2.76. The minimum Gasteiger partial charge on any atom is -0.260 e. The second kappa shape index (κ2) is 5.25. The van der Waals surface area contributed by atoms with Crippen LogP contribution in [0.25, 0.3) is 0 Å². The molecule has 2 aromatic rings. The zero-order chi connectivity index (χ0) is 13.2. The van der Waals surface area contributed by atoms with Crippen LogP contribution in [0.3, 0.4) is 0 Å². The number of hydrogen-bond donors (Lipinski definition) is 0. The van der Waals surface area contributed by atoms with Crippen molar-refractivity contribution in [3.05, 3.63) is 65.0 Å². The maximum Gasteiger partial charge on any atom is 0.0662 e. The van der Waals surface area contributed by atoms with Gasteiger partial charge in [0.1, 0.15) is 0 Å². The number of nitrogens with zero attached hydrogens (tertiary/aromatic N) is 1. The molecule has 1 atom stereocenters. The van der Waals surface area contributed by atoms with E-state index in [1.807, 2.05) is 19.1 Å². The van der Waals surface area contributed by atoms with Crippen LogP contribution in [0.5, 0.6) is 0 Å². The number of aryl methyl sites for hydroxylation is 1. The van der Waals surface area contributed by atoms with Gasteiger partial charge in [-0.15, -0.1) is 0 Å². The predicted octanol–water partition coefficient (Wildman–Crippen LogP) is 2.81. The molecule has 98 valence electrons. The molecular weight excluding hydrogens is 254 g/mol. The van der Waals surface area contributed by atoms with E-state index in [0.717, 1.165) is 18.5 Å². The van der Waals surface area contributed by atoms with Crippen LogP contribution < -0.4 is 0 Å². The molecule has 19 heavy (non-hydrogen) atoms. The summed E-state index contributed by atoms with van der Waals surface area (Å²) in [5.74, 6) is 0.570. The Bertz CT molecular complexity index is 599. The number of fused-ring (bicyclic) bond motifs is 1. The molecule has 3 rings (SSSR count). The van der Waals surface area contributed by atoms with Crippen molar-refractivity contribution >= 4 is 10.8 Å². The average molecular weight is 271 g/mol. The number of hydrogen-bond acceptors (Lipinski definition) is 2. The van der Waals surface area contributed by atoms with E-state index in [9.17, 15) is 4.21 Å². The van der Waals surface area contributed by atoms with E-state index in [1.165, 1.54) is 16.7 Å². The molecule has 0 bridgehead atoms. The molecule has 0 fully saturated rings. The van der Waals surface area contributed by atoms with Crippen LogP contribution in [0.4, 0.5) is 0 Å². The van der Waals surface area contributed by atoms with Gasteiger partial charge in [0, 0.05) is 22.2 Å². The predicted molar refractivity (Wildman–Crippen MR) is 78.5 cm³/mol. The van der Waals surface area contributed by atoms with Crippen LogP contribution >= 0.6 is 0 Å². The van der Waals surface area contributed by atoms with Crippen molar-refractivity contribution < 1.29 is 4.21 Å². The van der Waals surface area contributed by atoms with Crippen molar-refractivity contribution in [1.82, 2.24) is 4.98 Å². The summed E-state index contributed by atoms with van der Waals surface area (Å²) in [6.45, 7) is 2.04. The monoisotopic (exact) mass is 271 g/mol. The second-order valence-electron chi connectivity index (χ2n) is 5.15. The molecule has 2 nitrogen and oxygen atoms in total. The van der Waals surface area contributed by atoms with E-state index in [4.69, 9.17) is 0 Å². The lowest BCUT2D eigenvalue weighted by Crippen LogP contribution is -2.17.